The Morgan fingerprint density at radius 2 is 2.15 bits per heavy atom. The first kappa shape index (κ1) is 15.1. The molecule has 0 unspecified atom stereocenters. The van der Waals surface area contributed by atoms with E-state index in [1.807, 2.05) is 0 Å². The largest absolute Gasteiger partial charge is 0.508 e. The maximum absolute atomic E-state index is 11.9. The maximum Gasteiger partial charge on any atom is 0.252 e. The molecule has 0 aromatic heterocycles. The second-order valence-corrected chi connectivity index (χ2v) is 5.27. The molecule has 0 bridgehead atoms. The molecule has 1 aromatic rings. The quantitative estimate of drug-likeness (QED) is 0.712. The predicted molar refractivity (Wildman–Crippen MR) is 79.4 cm³/mol. The SMILES string of the molecule is O=C(NCCCN1CCNCC1)c1cc(O)ccc1Cl. The van der Waals surface area contributed by atoms with Gasteiger partial charge in [0.25, 0.3) is 5.91 Å². The normalized spacial score (nSPS) is 16.1. The zero-order chi connectivity index (χ0) is 14.4. The van der Waals surface area contributed by atoms with Gasteiger partial charge in [-0.25, -0.2) is 0 Å². The topological polar surface area (TPSA) is 64.6 Å². The summed E-state index contributed by atoms with van der Waals surface area (Å²) in [5.41, 5.74) is 0.314. The third kappa shape index (κ3) is 4.37. The van der Waals surface area contributed by atoms with Crippen LogP contribution in [0.1, 0.15) is 16.8 Å². The molecule has 0 spiro atoms. The predicted octanol–water partition coefficient (Wildman–Crippen LogP) is 1.07. The molecular weight excluding hydrogens is 278 g/mol. The summed E-state index contributed by atoms with van der Waals surface area (Å²) in [7, 11) is 0. The van der Waals surface area contributed by atoms with Gasteiger partial charge in [-0.05, 0) is 31.2 Å². The molecule has 1 aliphatic heterocycles. The minimum absolute atomic E-state index is 0.0420. The van der Waals surface area contributed by atoms with E-state index < -0.39 is 0 Å². The van der Waals surface area contributed by atoms with E-state index in [0.29, 0.717) is 17.1 Å². The average molecular weight is 298 g/mol. The van der Waals surface area contributed by atoms with Crippen molar-refractivity contribution in [3.8, 4) is 5.75 Å². The number of benzene rings is 1. The zero-order valence-electron chi connectivity index (χ0n) is 11.4. The molecule has 0 atom stereocenters. The number of nitrogens with one attached hydrogen (secondary N) is 2. The Morgan fingerprint density at radius 3 is 2.90 bits per heavy atom. The number of hydrogen-bond acceptors (Lipinski definition) is 4. The molecule has 110 valence electrons. The second kappa shape index (κ2) is 7.47. The lowest BCUT2D eigenvalue weighted by atomic mass is 10.2. The van der Waals surface area contributed by atoms with Gasteiger partial charge in [-0.1, -0.05) is 11.6 Å². The smallest absolute Gasteiger partial charge is 0.252 e. The van der Waals surface area contributed by atoms with Crippen molar-refractivity contribution in [1.29, 1.82) is 0 Å². The molecule has 0 aliphatic carbocycles. The summed E-state index contributed by atoms with van der Waals surface area (Å²) < 4.78 is 0. The molecule has 1 amide bonds. The van der Waals surface area contributed by atoms with Crippen LogP contribution in [0, 0.1) is 0 Å². The van der Waals surface area contributed by atoms with Crippen LogP contribution in [0.3, 0.4) is 0 Å². The van der Waals surface area contributed by atoms with Gasteiger partial charge in [0, 0.05) is 32.7 Å². The number of carbonyl (C=O) groups is 1. The monoisotopic (exact) mass is 297 g/mol. The Morgan fingerprint density at radius 1 is 1.40 bits per heavy atom. The third-order valence-electron chi connectivity index (χ3n) is 3.34. The van der Waals surface area contributed by atoms with Crippen molar-refractivity contribution in [2.24, 2.45) is 0 Å². The molecule has 1 aromatic carbocycles. The first-order chi connectivity index (χ1) is 9.66. The first-order valence-electron chi connectivity index (χ1n) is 6.86. The highest BCUT2D eigenvalue weighted by Gasteiger charge is 2.12. The lowest BCUT2D eigenvalue weighted by Crippen LogP contribution is -2.44. The van der Waals surface area contributed by atoms with Crippen molar-refractivity contribution in [3.63, 3.8) is 0 Å². The summed E-state index contributed by atoms with van der Waals surface area (Å²) in [4.78, 5) is 14.3. The minimum atomic E-state index is -0.244. The van der Waals surface area contributed by atoms with Crippen LogP contribution in [-0.2, 0) is 0 Å². The van der Waals surface area contributed by atoms with Gasteiger partial charge in [0.15, 0.2) is 0 Å². The van der Waals surface area contributed by atoms with Crippen LogP contribution in [0.2, 0.25) is 5.02 Å². The molecule has 1 fully saturated rings. The van der Waals surface area contributed by atoms with E-state index >= 15 is 0 Å². The van der Waals surface area contributed by atoms with Crippen molar-refractivity contribution in [2.75, 3.05) is 39.3 Å². The van der Waals surface area contributed by atoms with Crippen LogP contribution >= 0.6 is 11.6 Å². The lowest BCUT2D eigenvalue weighted by Gasteiger charge is -2.27. The molecule has 1 aliphatic rings. The molecule has 6 heteroatoms. The summed E-state index contributed by atoms with van der Waals surface area (Å²) in [6.07, 6.45) is 0.905. The number of phenolic OH excluding ortho intramolecular Hbond substituents is 1. The molecule has 0 radical (unpaired) electrons. The van der Waals surface area contributed by atoms with Gasteiger partial charge in [-0.15, -0.1) is 0 Å². The summed E-state index contributed by atoms with van der Waals surface area (Å²) in [6.45, 7) is 5.78. The number of phenols is 1. The lowest BCUT2D eigenvalue weighted by molar-refractivity contribution is 0.0951. The Balaban J connectivity index is 1.73. The molecule has 2 rings (SSSR count). The Labute approximate surface area is 123 Å². The number of hydrogen-bond donors (Lipinski definition) is 3. The van der Waals surface area contributed by atoms with Gasteiger partial charge < -0.3 is 20.6 Å². The van der Waals surface area contributed by atoms with Crippen molar-refractivity contribution in [2.45, 2.75) is 6.42 Å². The van der Waals surface area contributed by atoms with Crippen molar-refractivity contribution >= 4 is 17.5 Å². The number of rotatable bonds is 5. The molecule has 5 nitrogen and oxygen atoms in total. The summed E-state index contributed by atoms with van der Waals surface area (Å²) in [5.74, 6) is -0.202. The minimum Gasteiger partial charge on any atom is -0.508 e. The zero-order valence-corrected chi connectivity index (χ0v) is 12.1. The highest BCUT2D eigenvalue weighted by Crippen LogP contribution is 2.20. The van der Waals surface area contributed by atoms with Crippen LogP contribution in [0.4, 0.5) is 0 Å². The van der Waals surface area contributed by atoms with Gasteiger partial charge in [0.05, 0.1) is 10.6 Å². The summed E-state index contributed by atoms with van der Waals surface area (Å²) in [6, 6.07) is 4.37. The Kier molecular flexibility index (Phi) is 5.64. The van der Waals surface area contributed by atoms with Crippen molar-refractivity contribution in [1.82, 2.24) is 15.5 Å². The fourth-order valence-corrected chi connectivity index (χ4v) is 2.43. The van der Waals surface area contributed by atoms with Gasteiger partial charge in [-0.3, -0.25) is 4.79 Å². The molecule has 1 saturated heterocycles. The molecule has 1 heterocycles. The molecule has 0 saturated carbocycles. The average Bonchev–Trinajstić information content (AvgIpc) is 2.47. The summed E-state index contributed by atoms with van der Waals surface area (Å²) in [5, 5.41) is 15.9. The Bertz CT molecular complexity index is 462. The van der Waals surface area contributed by atoms with E-state index in [-0.39, 0.29) is 11.7 Å². The van der Waals surface area contributed by atoms with Crippen molar-refractivity contribution < 1.29 is 9.90 Å². The Hall–Kier alpha value is -1.30. The second-order valence-electron chi connectivity index (χ2n) is 4.87. The van der Waals surface area contributed by atoms with E-state index in [0.717, 1.165) is 39.1 Å². The standard InChI is InChI=1S/C14H20ClN3O2/c15-13-3-2-11(19)10-12(13)14(20)17-4-1-7-18-8-5-16-6-9-18/h2-3,10,16,19H,1,4-9H2,(H,17,20). The summed E-state index contributed by atoms with van der Waals surface area (Å²) >= 11 is 5.94. The van der Waals surface area contributed by atoms with Crippen LogP contribution in [-0.4, -0.2) is 55.2 Å². The molecule has 20 heavy (non-hydrogen) atoms. The fraction of sp³-hybridized carbons (Fsp3) is 0.500. The highest BCUT2D eigenvalue weighted by atomic mass is 35.5. The third-order valence-corrected chi connectivity index (χ3v) is 3.67. The van der Waals surface area contributed by atoms with Gasteiger partial charge in [-0.2, -0.15) is 0 Å². The van der Waals surface area contributed by atoms with Crippen LogP contribution in [0.15, 0.2) is 18.2 Å². The first-order valence-corrected chi connectivity index (χ1v) is 7.24. The van der Waals surface area contributed by atoms with E-state index in [9.17, 15) is 9.90 Å². The van der Waals surface area contributed by atoms with E-state index in [4.69, 9.17) is 11.6 Å². The number of amides is 1. The highest BCUT2D eigenvalue weighted by molar-refractivity contribution is 6.33. The number of piperazine rings is 1. The van der Waals surface area contributed by atoms with Crippen LogP contribution < -0.4 is 10.6 Å². The van der Waals surface area contributed by atoms with Crippen LogP contribution in [0.5, 0.6) is 5.75 Å². The number of carbonyl (C=O) groups excluding carboxylic acids is 1. The van der Waals surface area contributed by atoms with E-state index in [1.165, 1.54) is 18.2 Å². The van der Waals surface area contributed by atoms with Gasteiger partial charge in [0.1, 0.15) is 5.75 Å². The number of aromatic hydroxyl groups is 1. The van der Waals surface area contributed by atoms with Crippen molar-refractivity contribution in [3.05, 3.63) is 28.8 Å². The van der Waals surface area contributed by atoms with Gasteiger partial charge in [0.2, 0.25) is 0 Å². The fourth-order valence-electron chi connectivity index (χ4n) is 2.22. The van der Waals surface area contributed by atoms with E-state index in [1.54, 1.807) is 0 Å². The maximum atomic E-state index is 11.9. The van der Waals surface area contributed by atoms with E-state index in [2.05, 4.69) is 15.5 Å². The molecule has 3 N–H and O–H groups in total. The van der Waals surface area contributed by atoms with Gasteiger partial charge >= 0.3 is 0 Å². The molecular formula is C14H20ClN3O2. The van der Waals surface area contributed by atoms with Crippen LogP contribution in [0.25, 0.3) is 0 Å². The number of nitrogens with zero attached hydrogens (tertiary/aromatic N) is 1. The number of halogens is 1.